The highest BCUT2D eigenvalue weighted by molar-refractivity contribution is 5.83. The van der Waals surface area contributed by atoms with Crippen LogP contribution in [0.3, 0.4) is 0 Å². The first-order valence-corrected chi connectivity index (χ1v) is 7.73. The summed E-state index contributed by atoms with van der Waals surface area (Å²) in [6, 6.07) is 0. The van der Waals surface area contributed by atoms with Gasteiger partial charge in [0.25, 0.3) is 0 Å². The van der Waals surface area contributed by atoms with Crippen LogP contribution in [-0.2, 0) is 9.53 Å². The van der Waals surface area contributed by atoms with Crippen LogP contribution in [0.25, 0.3) is 0 Å². The third-order valence-electron chi connectivity index (χ3n) is 4.20. The van der Waals surface area contributed by atoms with Crippen LogP contribution in [0.4, 0.5) is 0 Å². The fourth-order valence-corrected chi connectivity index (χ4v) is 3.83. The summed E-state index contributed by atoms with van der Waals surface area (Å²) in [5.74, 6) is 0.774. The number of carbonyl (C=O) groups excluding carboxylic acids is 1. The lowest BCUT2D eigenvalue weighted by Crippen LogP contribution is -2.58. The highest BCUT2D eigenvalue weighted by Crippen LogP contribution is 2.29. The van der Waals surface area contributed by atoms with E-state index in [4.69, 9.17) is 4.74 Å². The molecule has 0 radical (unpaired) electrons. The first kappa shape index (κ1) is 15.0. The molecule has 0 unspecified atom stereocenters. The molecule has 1 heterocycles. The summed E-state index contributed by atoms with van der Waals surface area (Å²) in [6.45, 7) is 10.8. The van der Waals surface area contributed by atoms with Crippen LogP contribution in [0, 0.1) is 5.92 Å². The van der Waals surface area contributed by atoms with E-state index >= 15 is 0 Å². The molecule has 2 fully saturated rings. The van der Waals surface area contributed by atoms with E-state index in [9.17, 15) is 4.79 Å². The van der Waals surface area contributed by atoms with E-state index in [-0.39, 0.29) is 11.2 Å². The second kappa shape index (κ2) is 5.53. The van der Waals surface area contributed by atoms with Gasteiger partial charge in [0, 0.05) is 19.0 Å². The van der Waals surface area contributed by atoms with Crippen LogP contribution in [0.5, 0.6) is 0 Å². The molecule has 3 heteroatoms. The van der Waals surface area contributed by atoms with Gasteiger partial charge in [0.2, 0.25) is 0 Å². The average molecular weight is 267 g/mol. The maximum atomic E-state index is 12.4. The van der Waals surface area contributed by atoms with E-state index in [0.29, 0.717) is 18.2 Å². The number of ether oxygens (including phenoxy) is 1. The van der Waals surface area contributed by atoms with E-state index in [1.54, 1.807) is 0 Å². The van der Waals surface area contributed by atoms with E-state index in [1.807, 2.05) is 0 Å². The van der Waals surface area contributed by atoms with Crippen LogP contribution in [0.1, 0.15) is 59.8 Å². The average Bonchev–Trinajstić information content (AvgIpc) is 2.25. The van der Waals surface area contributed by atoms with Gasteiger partial charge in [0.15, 0.2) is 0 Å². The molecule has 0 atom stereocenters. The van der Waals surface area contributed by atoms with Crippen molar-refractivity contribution in [3.05, 3.63) is 0 Å². The predicted octanol–water partition coefficient (Wildman–Crippen LogP) is 3.03. The van der Waals surface area contributed by atoms with Crippen LogP contribution >= 0.6 is 0 Å². The van der Waals surface area contributed by atoms with E-state index < -0.39 is 0 Å². The van der Waals surface area contributed by atoms with Gasteiger partial charge in [0.05, 0.1) is 17.7 Å². The molecule has 1 aliphatic carbocycles. The Balaban J connectivity index is 1.92. The third kappa shape index (κ3) is 4.28. The maximum Gasteiger partial charge on any atom is 0.149 e. The first-order valence-electron chi connectivity index (χ1n) is 7.73. The highest BCUT2D eigenvalue weighted by Gasteiger charge is 2.39. The molecule has 0 bridgehead atoms. The summed E-state index contributed by atoms with van der Waals surface area (Å²) in [7, 11) is 0. The Morgan fingerprint density at radius 1 is 1.05 bits per heavy atom. The molecule has 3 nitrogen and oxygen atoms in total. The Morgan fingerprint density at radius 3 is 2.11 bits per heavy atom. The summed E-state index contributed by atoms with van der Waals surface area (Å²) in [5, 5.41) is 0. The second-order valence-corrected chi connectivity index (χ2v) is 7.57. The lowest BCUT2D eigenvalue weighted by molar-refractivity contribution is -0.181. The molecule has 2 rings (SSSR count). The summed E-state index contributed by atoms with van der Waals surface area (Å²) in [6.07, 6.45) is 5.99. The normalized spacial score (nSPS) is 28.2. The Bertz CT molecular complexity index is 314. The minimum absolute atomic E-state index is 0.158. The summed E-state index contributed by atoms with van der Waals surface area (Å²) in [4.78, 5) is 14.7. The maximum absolute atomic E-state index is 12.4. The third-order valence-corrected chi connectivity index (χ3v) is 4.20. The zero-order valence-corrected chi connectivity index (χ0v) is 13.0. The van der Waals surface area contributed by atoms with Crippen molar-refractivity contribution in [2.24, 2.45) is 5.92 Å². The van der Waals surface area contributed by atoms with E-state index in [1.165, 1.54) is 19.3 Å². The number of hydrogen-bond acceptors (Lipinski definition) is 3. The van der Waals surface area contributed by atoms with Crippen LogP contribution in [-0.4, -0.2) is 41.5 Å². The van der Waals surface area contributed by atoms with Gasteiger partial charge in [-0.05, 0) is 40.5 Å². The lowest BCUT2D eigenvalue weighted by atomic mass is 9.85. The Labute approximate surface area is 117 Å². The molecule has 0 aromatic rings. The zero-order chi connectivity index (χ0) is 14.1. The van der Waals surface area contributed by atoms with Gasteiger partial charge in [0.1, 0.15) is 5.78 Å². The van der Waals surface area contributed by atoms with Gasteiger partial charge in [-0.3, -0.25) is 9.69 Å². The fourth-order valence-electron chi connectivity index (χ4n) is 3.83. The SMILES string of the molecule is CC1(C)CN(CC(=O)C2CCCCC2)CC(C)(C)O1. The van der Waals surface area contributed by atoms with Crippen molar-refractivity contribution < 1.29 is 9.53 Å². The van der Waals surface area contributed by atoms with Gasteiger partial charge >= 0.3 is 0 Å². The molecule has 0 spiro atoms. The van der Waals surface area contributed by atoms with Crippen LogP contribution in [0.15, 0.2) is 0 Å². The van der Waals surface area contributed by atoms with Crippen molar-refractivity contribution in [2.75, 3.05) is 19.6 Å². The molecule has 0 aromatic heterocycles. The van der Waals surface area contributed by atoms with Gasteiger partial charge in [-0.2, -0.15) is 0 Å². The minimum Gasteiger partial charge on any atom is -0.367 e. The van der Waals surface area contributed by atoms with E-state index in [2.05, 4.69) is 32.6 Å². The van der Waals surface area contributed by atoms with Gasteiger partial charge in [-0.1, -0.05) is 19.3 Å². The number of carbonyl (C=O) groups is 1. The number of ketones is 1. The molecular weight excluding hydrogens is 238 g/mol. The van der Waals surface area contributed by atoms with E-state index in [0.717, 1.165) is 25.9 Å². The smallest absolute Gasteiger partial charge is 0.149 e. The highest BCUT2D eigenvalue weighted by atomic mass is 16.5. The van der Waals surface area contributed by atoms with Crippen molar-refractivity contribution >= 4 is 5.78 Å². The molecular formula is C16H29NO2. The van der Waals surface area contributed by atoms with Crippen molar-refractivity contribution in [2.45, 2.75) is 71.0 Å². The number of nitrogens with zero attached hydrogens (tertiary/aromatic N) is 1. The molecule has 1 saturated carbocycles. The van der Waals surface area contributed by atoms with Crippen molar-refractivity contribution in [3.8, 4) is 0 Å². The van der Waals surface area contributed by atoms with Crippen molar-refractivity contribution in [3.63, 3.8) is 0 Å². The Kier molecular flexibility index (Phi) is 4.36. The summed E-state index contributed by atoms with van der Waals surface area (Å²) in [5.41, 5.74) is -0.316. The Morgan fingerprint density at radius 2 is 1.58 bits per heavy atom. The van der Waals surface area contributed by atoms with Gasteiger partial charge in [-0.15, -0.1) is 0 Å². The number of hydrogen-bond donors (Lipinski definition) is 0. The number of morpholine rings is 1. The molecule has 0 aromatic carbocycles. The van der Waals surface area contributed by atoms with Crippen molar-refractivity contribution in [1.82, 2.24) is 4.90 Å². The zero-order valence-electron chi connectivity index (χ0n) is 13.0. The molecule has 110 valence electrons. The minimum atomic E-state index is -0.158. The lowest BCUT2D eigenvalue weighted by Gasteiger charge is -2.47. The fraction of sp³-hybridized carbons (Fsp3) is 0.938. The molecule has 2 aliphatic rings. The largest absolute Gasteiger partial charge is 0.367 e. The first-order chi connectivity index (χ1) is 8.77. The van der Waals surface area contributed by atoms with Crippen LogP contribution in [0.2, 0.25) is 0 Å². The molecule has 0 amide bonds. The predicted molar refractivity (Wildman–Crippen MR) is 77.3 cm³/mol. The molecule has 1 aliphatic heterocycles. The monoisotopic (exact) mass is 267 g/mol. The number of Topliss-reactive ketones (excluding diaryl/α,β-unsaturated/α-hetero) is 1. The number of rotatable bonds is 3. The molecule has 19 heavy (non-hydrogen) atoms. The quantitative estimate of drug-likeness (QED) is 0.787. The summed E-state index contributed by atoms with van der Waals surface area (Å²) < 4.78 is 6.07. The van der Waals surface area contributed by atoms with Crippen LogP contribution < -0.4 is 0 Å². The molecule has 0 N–H and O–H groups in total. The van der Waals surface area contributed by atoms with Crippen molar-refractivity contribution in [1.29, 1.82) is 0 Å². The Hall–Kier alpha value is -0.410. The summed E-state index contributed by atoms with van der Waals surface area (Å²) >= 11 is 0. The standard InChI is InChI=1S/C16H29NO2/c1-15(2)11-17(12-16(3,4)19-15)10-14(18)13-8-6-5-7-9-13/h13H,5-12H2,1-4H3. The van der Waals surface area contributed by atoms with Gasteiger partial charge in [-0.25, -0.2) is 0 Å². The van der Waals surface area contributed by atoms with Gasteiger partial charge < -0.3 is 4.74 Å². The molecule has 1 saturated heterocycles. The topological polar surface area (TPSA) is 29.5 Å². The second-order valence-electron chi connectivity index (χ2n) is 7.57.